The lowest BCUT2D eigenvalue weighted by Crippen LogP contribution is -1.98. The summed E-state index contributed by atoms with van der Waals surface area (Å²) in [7, 11) is 1.53. The van der Waals surface area contributed by atoms with E-state index in [4.69, 9.17) is 33.0 Å². The third-order valence-electron chi connectivity index (χ3n) is 2.67. The lowest BCUT2D eigenvalue weighted by molar-refractivity contribution is 0.0697. The molecule has 0 aliphatic rings. The number of carboxylic acids is 1. The van der Waals surface area contributed by atoms with Gasteiger partial charge in [-0.1, -0.05) is 29.3 Å². The highest BCUT2D eigenvalue weighted by Gasteiger charge is 2.12. The van der Waals surface area contributed by atoms with E-state index >= 15 is 0 Å². The van der Waals surface area contributed by atoms with Gasteiger partial charge in [0.15, 0.2) is 0 Å². The molecular formula is C14H10Cl2O3. The number of hydrogen-bond acceptors (Lipinski definition) is 2. The molecular weight excluding hydrogens is 287 g/mol. The van der Waals surface area contributed by atoms with Crippen molar-refractivity contribution in [3.05, 3.63) is 52.0 Å². The molecule has 1 N–H and O–H groups in total. The summed E-state index contributed by atoms with van der Waals surface area (Å²) < 4.78 is 5.25. The van der Waals surface area contributed by atoms with Crippen LogP contribution in [0.25, 0.3) is 11.1 Å². The average molecular weight is 297 g/mol. The van der Waals surface area contributed by atoms with E-state index in [0.29, 0.717) is 16.3 Å². The second kappa shape index (κ2) is 5.51. The second-order valence-corrected chi connectivity index (χ2v) is 4.69. The fraction of sp³-hybridized carbons (Fsp3) is 0.0714. The van der Waals surface area contributed by atoms with Gasteiger partial charge in [0, 0.05) is 10.6 Å². The highest BCUT2D eigenvalue weighted by molar-refractivity contribution is 6.33. The van der Waals surface area contributed by atoms with Crippen molar-refractivity contribution in [3.63, 3.8) is 0 Å². The summed E-state index contributed by atoms with van der Waals surface area (Å²) in [6.45, 7) is 0. The molecule has 98 valence electrons. The first-order valence-electron chi connectivity index (χ1n) is 5.39. The van der Waals surface area contributed by atoms with Gasteiger partial charge in [-0.05, 0) is 35.9 Å². The number of halogens is 2. The molecule has 2 rings (SSSR count). The van der Waals surface area contributed by atoms with Gasteiger partial charge in [0.05, 0.1) is 17.7 Å². The molecule has 2 aromatic rings. The van der Waals surface area contributed by atoms with Crippen LogP contribution in [0.15, 0.2) is 36.4 Å². The van der Waals surface area contributed by atoms with Crippen molar-refractivity contribution in [3.8, 4) is 16.9 Å². The zero-order chi connectivity index (χ0) is 14.0. The number of hydrogen-bond donors (Lipinski definition) is 1. The van der Waals surface area contributed by atoms with Crippen LogP contribution in [0.2, 0.25) is 10.0 Å². The Kier molecular flexibility index (Phi) is 3.98. The van der Waals surface area contributed by atoms with Crippen LogP contribution in [0, 0.1) is 0 Å². The van der Waals surface area contributed by atoms with Crippen molar-refractivity contribution in [1.82, 2.24) is 0 Å². The van der Waals surface area contributed by atoms with Crippen LogP contribution in [0.5, 0.6) is 5.75 Å². The molecule has 0 saturated heterocycles. The molecule has 0 aliphatic heterocycles. The van der Waals surface area contributed by atoms with Crippen LogP contribution in [0.3, 0.4) is 0 Å². The molecule has 5 heteroatoms. The molecule has 0 heterocycles. The molecule has 0 unspecified atom stereocenters. The second-order valence-electron chi connectivity index (χ2n) is 3.84. The number of methoxy groups -OCH3 is 1. The Balaban J connectivity index is 2.59. The van der Waals surface area contributed by atoms with Gasteiger partial charge >= 0.3 is 5.97 Å². The zero-order valence-corrected chi connectivity index (χ0v) is 11.5. The van der Waals surface area contributed by atoms with Gasteiger partial charge in [-0.2, -0.15) is 0 Å². The Morgan fingerprint density at radius 2 is 1.89 bits per heavy atom. The molecule has 0 amide bonds. The van der Waals surface area contributed by atoms with E-state index in [9.17, 15) is 4.79 Å². The van der Waals surface area contributed by atoms with E-state index in [-0.39, 0.29) is 10.6 Å². The van der Waals surface area contributed by atoms with E-state index in [0.717, 1.165) is 5.56 Å². The normalized spacial score (nSPS) is 10.3. The van der Waals surface area contributed by atoms with Gasteiger partial charge in [0.1, 0.15) is 5.75 Å². The third-order valence-corrected chi connectivity index (χ3v) is 3.24. The number of carboxylic acid groups (broad SMARTS) is 1. The summed E-state index contributed by atoms with van der Waals surface area (Å²) in [6.07, 6.45) is 0. The van der Waals surface area contributed by atoms with Gasteiger partial charge in [0.25, 0.3) is 0 Å². The van der Waals surface area contributed by atoms with E-state index in [2.05, 4.69) is 0 Å². The maximum Gasteiger partial charge on any atom is 0.337 e. The SMILES string of the molecule is COc1cc(Cl)ccc1-c1ccc(Cl)c(C(=O)O)c1. The topological polar surface area (TPSA) is 46.5 Å². The lowest BCUT2D eigenvalue weighted by Gasteiger charge is -2.10. The van der Waals surface area contributed by atoms with Crippen LogP contribution in [-0.2, 0) is 0 Å². The summed E-state index contributed by atoms with van der Waals surface area (Å²) in [6, 6.07) is 9.96. The van der Waals surface area contributed by atoms with Crippen molar-refractivity contribution in [1.29, 1.82) is 0 Å². The first kappa shape index (κ1) is 13.7. The largest absolute Gasteiger partial charge is 0.496 e. The number of aromatic carboxylic acids is 1. The molecule has 0 fully saturated rings. The van der Waals surface area contributed by atoms with Gasteiger partial charge in [-0.15, -0.1) is 0 Å². The summed E-state index contributed by atoms with van der Waals surface area (Å²) in [5, 5.41) is 9.82. The van der Waals surface area contributed by atoms with Crippen molar-refractivity contribution >= 4 is 29.2 Å². The Morgan fingerprint density at radius 3 is 2.53 bits per heavy atom. The predicted octanol–water partition coefficient (Wildman–Crippen LogP) is 4.37. The van der Waals surface area contributed by atoms with E-state index in [1.165, 1.54) is 13.2 Å². The summed E-state index contributed by atoms with van der Waals surface area (Å²) in [4.78, 5) is 11.1. The van der Waals surface area contributed by atoms with Gasteiger partial charge in [-0.3, -0.25) is 0 Å². The van der Waals surface area contributed by atoms with Crippen molar-refractivity contribution in [2.45, 2.75) is 0 Å². The van der Waals surface area contributed by atoms with Crippen LogP contribution in [-0.4, -0.2) is 18.2 Å². The van der Waals surface area contributed by atoms with E-state index in [1.807, 2.05) is 0 Å². The van der Waals surface area contributed by atoms with Gasteiger partial charge < -0.3 is 9.84 Å². The number of rotatable bonds is 3. The smallest absolute Gasteiger partial charge is 0.337 e. The minimum atomic E-state index is -1.07. The Morgan fingerprint density at radius 1 is 1.16 bits per heavy atom. The molecule has 0 aromatic heterocycles. The van der Waals surface area contributed by atoms with Crippen LogP contribution < -0.4 is 4.74 Å². The molecule has 0 saturated carbocycles. The van der Waals surface area contributed by atoms with E-state index < -0.39 is 5.97 Å². The molecule has 0 radical (unpaired) electrons. The number of benzene rings is 2. The maximum absolute atomic E-state index is 11.1. The summed E-state index contributed by atoms with van der Waals surface area (Å²) in [5.41, 5.74) is 1.51. The molecule has 3 nitrogen and oxygen atoms in total. The summed E-state index contributed by atoms with van der Waals surface area (Å²) >= 11 is 11.7. The van der Waals surface area contributed by atoms with Gasteiger partial charge in [-0.25, -0.2) is 4.79 Å². The minimum Gasteiger partial charge on any atom is -0.496 e. The molecule has 0 atom stereocenters. The lowest BCUT2D eigenvalue weighted by atomic mass is 10.0. The Hall–Kier alpha value is -1.71. The monoisotopic (exact) mass is 296 g/mol. The highest BCUT2D eigenvalue weighted by atomic mass is 35.5. The maximum atomic E-state index is 11.1. The summed E-state index contributed by atoms with van der Waals surface area (Å²) in [5.74, 6) is -0.494. The van der Waals surface area contributed by atoms with E-state index in [1.54, 1.807) is 30.3 Å². The van der Waals surface area contributed by atoms with Crippen LogP contribution >= 0.6 is 23.2 Å². The fourth-order valence-corrected chi connectivity index (χ4v) is 2.12. The zero-order valence-electron chi connectivity index (χ0n) is 9.98. The first-order chi connectivity index (χ1) is 9.02. The molecule has 0 aliphatic carbocycles. The molecule has 0 spiro atoms. The average Bonchev–Trinajstić information content (AvgIpc) is 2.39. The first-order valence-corrected chi connectivity index (χ1v) is 6.15. The third kappa shape index (κ3) is 2.83. The number of ether oxygens (including phenoxy) is 1. The molecule has 19 heavy (non-hydrogen) atoms. The Bertz CT molecular complexity index is 639. The van der Waals surface area contributed by atoms with Crippen molar-refractivity contribution in [2.24, 2.45) is 0 Å². The highest BCUT2D eigenvalue weighted by Crippen LogP contribution is 2.34. The molecule has 0 bridgehead atoms. The standard InChI is InChI=1S/C14H10Cl2O3/c1-19-13-7-9(15)3-4-10(13)8-2-5-12(16)11(6-8)14(17)18/h2-7H,1H3,(H,17,18). The van der Waals surface area contributed by atoms with Gasteiger partial charge in [0.2, 0.25) is 0 Å². The predicted molar refractivity (Wildman–Crippen MR) is 75.4 cm³/mol. The molecule has 2 aromatic carbocycles. The minimum absolute atomic E-state index is 0.0520. The van der Waals surface area contributed by atoms with Crippen LogP contribution in [0.1, 0.15) is 10.4 Å². The fourth-order valence-electron chi connectivity index (χ4n) is 1.76. The van der Waals surface area contributed by atoms with Crippen LogP contribution in [0.4, 0.5) is 0 Å². The quantitative estimate of drug-likeness (QED) is 0.915. The Labute approximate surface area is 120 Å². The van der Waals surface area contributed by atoms with Crippen molar-refractivity contribution < 1.29 is 14.6 Å². The van der Waals surface area contributed by atoms with Crippen molar-refractivity contribution in [2.75, 3.05) is 7.11 Å². The number of carbonyl (C=O) groups is 1.